The predicted molar refractivity (Wildman–Crippen MR) is 87.4 cm³/mol. The summed E-state index contributed by atoms with van der Waals surface area (Å²) < 4.78 is 0. The van der Waals surface area contributed by atoms with Crippen LogP contribution in [0.3, 0.4) is 0 Å². The molecule has 2 aromatic rings. The summed E-state index contributed by atoms with van der Waals surface area (Å²) in [6.45, 7) is 4.12. The van der Waals surface area contributed by atoms with Crippen LogP contribution in [0.5, 0.6) is 0 Å². The van der Waals surface area contributed by atoms with Crippen LogP contribution in [0.2, 0.25) is 5.02 Å². The normalized spacial score (nSPS) is 10.6. The van der Waals surface area contributed by atoms with E-state index in [0.29, 0.717) is 6.54 Å². The van der Waals surface area contributed by atoms with Crippen LogP contribution in [0.4, 0.5) is 5.69 Å². The lowest BCUT2D eigenvalue weighted by atomic mass is 10.1. The molecule has 2 rings (SSSR count). The van der Waals surface area contributed by atoms with Crippen molar-refractivity contribution >= 4 is 23.2 Å². The number of hydrogen-bond donors (Lipinski definition) is 0. The number of non-ortho nitro benzene ring substituents is 1. The van der Waals surface area contributed by atoms with Crippen molar-refractivity contribution in [3.8, 4) is 0 Å². The van der Waals surface area contributed by atoms with Crippen molar-refractivity contribution < 1.29 is 9.72 Å². The van der Waals surface area contributed by atoms with Gasteiger partial charge in [-0.3, -0.25) is 19.9 Å². The van der Waals surface area contributed by atoms with E-state index in [1.54, 1.807) is 17.2 Å². The molecule has 0 unspecified atom stereocenters. The fourth-order valence-corrected chi connectivity index (χ4v) is 2.36. The monoisotopic (exact) mass is 333 g/mol. The van der Waals surface area contributed by atoms with Crippen molar-refractivity contribution in [2.24, 2.45) is 0 Å². The maximum atomic E-state index is 12.7. The highest BCUT2D eigenvalue weighted by atomic mass is 35.5. The summed E-state index contributed by atoms with van der Waals surface area (Å²) in [5.41, 5.74) is 0.849. The highest BCUT2D eigenvalue weighted by Gasteiger charge is 2.23. The van der Waals surface area contributed by atoms with Gasteiger partial charge in [-0.15, -0.1) is 0 Å². The van der Waals surface area contributed by atoms with Crippen molar-refractivity contribution in [1.29, 1.82) is 0 Å². The minimum Gasteiger partial charge on any atom is -0.330 e. The van der Waals surface area contributed by atoms with Gasteiger partial charge in [-0.25, -0.2) is 0 Å². The first kappa shape index (κ1) is 16.9. The van der Waals surface area contributed by atoms with Crippen LogP contribution in [0.25, 0.3) is 0 Å². The lowest BCUT2D eigenvalue weighted by molar-refractivity contribution is -0.384. The predicted octanol–water partition coefficient (Wildman–Crippen LogP) is 3.69. The summed E-state index contributed by atoms with van der Waals surface area (Å²) in [6.07, 6.45) is 1.66. The number of aromatic nitrogens is 1. The van der Waals surface area contributed by atoms with Gasteiger partial charge < -0.3 is 4.90 Å². The number of hydrogen-bond acceptors (Lipinski definition) is 4. The quantitative estimate of drug-likeness (QED) is 0.617. The van der Waals surface area contributed by atoms with Crippen molar-refractivity contribution in [1.82, 2.24) is 9.88 Å². The van der Waals surface area contributed by atoms with E-state index >= 15 is 0 Å². The summed E-state index contributed by atoms with van der Waals surface area (Å²) in [4.78, 5) is 28.8. The molecule has 0 radical (unpaired) electrons. The van der Waals surface area contributed by atoms with Crippen molar-refractivity contribution in [2.45, 2.75) is 26.4 Å². The second kappa shape index (κ2) is 7.19. The standard InChI is InChI=1S/C16H16ClN3O3/c1-11(2)19(10-12-5-3-4-8-18-12)16(21)14-7-6-13(20(22)23)9-15(14)17/h3-9,11H,10H2,1-2H3. The Bertz CT molecular complexity index is 720. The largest absolute Gasteiger partial charge is 0.330 e. The Balaban J connectivity index is 2.29. The Kier molecular flexibility index (Phi) is 5.28. The summed E-state index contributed by atoms with van der Waals surface area (Å²) in [7, 11) is 0. The number of pyridine rings is 1. The first-order valence-corrected chi connectivity index (χ1v) is 7.42. The minimum atomic E-state index is -0.547. The second-order valence-corrected chi connectivity index (χ2v) is 5.68. The molecule has 0 atom stereocenters. The van der Waals surface area contributed by atoms with E-state index in [-0.39, 0.29) is 28.2 Å². The molecule has 0 aliphatic rings. The van der Waals surface area contributed by atoms with Gasteiger partial charge in [0.15, 0.2) is 0 Å². The third-order valence-electron chi connectivity index (χ3n) is 3.34. The van der Waals surface area contributed by atoms with Gasteiger partial charge in [-0.2, -0.15) is 0 Å². The SMILES string of the molecule is CC(C)N(Cc1ccccn1)C(=O)c1ccc([N+](=O)[O-])cc1Cl. The molecule has 0 spiro atoms. The van der Waals surface area contributed by atoms with Gasteiger partial charge >= 0.3 is 0 Å². The number of amides is 1. The first-order chi connectivity index (χ1) is 10.9. The Hall–Kier alpha value is -2.47. The Morgan fingerprint density at radius 1 is 1.35 bits per heavy atom. The smallest absolute Gasteiger partial charge is 0.270 e. The first-order valence-electron chi connectivity index (χ1n) is 7.05. The van der Waals surface area contributed by atoms with E-state index < -0.39 is 4.92 Å². The van der Waals surface area contributed by atoms with E-state index in [9.17, 15) is 14.9 Å². The summed E-state index contributed by atoms with van der Waals surface area (Å²) >= 11 is 6.05. The molecule has 1 aromatic heterocycles. The maximum absolute atomic E-state index is 12.7. The molecule has 0 N–H and O–H groups in total. The molecule has 7 heteroatoms. The van der Waals surface area contributed by atoms with Crippen LogP contribution in [-0.4, -0.2) is 26.8 Å². The fraction of sp³-hybridized carbons (Fsp3) is 0.250. The summed E-state index contributed by atoms with van der Waals surface area (Å²) in [5.74, 6) is -0.287. The Morgan fingerprint density at radius 3 is 2.61 bits per heavy atom. The average molecular weight is 334 g/mol. The zero-order valence-electron chi connectivity index (χ0n) is 12.8. The number of halogens is 1. The van der Waals surface area contributed by atoms with E-state index in [4.69, 9.17) is 11.6 Å². The number of carbonyl (C=O) groups excluding carboxylic acids is 1. The number of nitrogens with zero attached hydrogens (tertiary/aromatic N) is 3. The van der Waals surface area contributed by atoms with Crippen LogP contribution in [0.1, 0.15) is 29.9 Å². The highest BCUT2D eigenvalue weighted by Crippen LogP contribution is 2.24. The highest BCUT2D eigenvalue weighted by molar-refractivity contribution is 6.34. The molecule has 1 aromatic carbocycles. The molecule has 0 aliphatic carbocycles. The molecule has 0 saturated heterocycles. The van der Waals surface area contributed by atoms with Crippen LogP contribution >= 0.6 is 11.6 Å². The Labute approximate surface area is 138 Å². The molecule has 0 saturated carbocycles. The molecule has 1 amide bonds. The van der Waals surface area contributed by atoms with Gasteiger partial charge in [0, 0.05) is 24.4 Å². The number of rotatable bonds is 5. The minimum absolute atomic E-state index is 0.0656. The van der Waals surface area contributed by atoms with Crippen LogP contribution in [0.15, 0.2) is 42.6 Å². The lowest BCUT2D eigenvalue weighted by Crippen LogP contribution is -2.36. The molecule has 120 valence electrons. The van der Waals surface area contributed by atoms with Crippen LogP contribution < -0.4 is 0 Å². The van der Waals surface area contributed by atoms with Crippen LogP contribution in [-0.2, 0) is 6.54 Å². The van der Waals surface area contributed by atoms with Crippen molar-refractivity contribution in [3.05, 3.63) is 69.0 Å². The molecule has 0 fully saturated rings. The van der Waals surface area contributed by atoms with Gasteiger partial charge in [0.05, 0.1) is 27.7 Å². The van der Waals surface area contributed by atoms with Gasteiger partial charge in [0.2, 0.25) is 0 Å². The molecule has 0 aliphatic heterocycles. The lowest BCUT2D eigenvalue weighted by Gasteiger charge is -2.26. The molecular weight excluding hydrogens is 318 g/mol. The Morgan fingerprint density at radius 2 is 2.09 bits per heavy atom. The molecular formula is C16H16ClN3O3. The number of carbonyl (C=O) groups is 1. The molecule has 23 heavy (non-hydrogen) atoms. The van der Waals surface area contributed by atoms with E-state index in [2.05, 4.69) is 4.98 Å². The molecule has 6 nitrogen and oxygen atoms in total. The zero-order chi connectivity index (χ0) is 17.0. The van der Waals surface area contributed by atoms with Gasteiger partial charge in [0.1, 0.15) is 0 Å². The zero-order valence-corrected chi connectivity index (χ0v) is 13.5. The third kappa shape index (κ3) is 4.04. The van der Waals surface area contributed by atoms with Gasteiger partial charge in [-0.05, 0) is 32.0 Å². The van der Waals surface area contributed by atoms with Crippen molar-refractivity contribution in [3.63, 3.8) is 0 Å². The fourth-order valence-electron chi connectivity index (χ4n) is 2.10. The van der Waals surface area contributed by atoms with E-state index in [1.165, 1.54) is 18.2 Å². The van der Waals surface area contributed by atoms with Crippen molar-refractivity contribution in [2.75, 3.05) is 0 Å². The summed E-state index contributed by atoms with van der Waals surface area (Å²) in [6, 6.07) is 9.27. The summed E-state index contributed by atoms with van der Waals surface area (Å²) in [5, 5.41) is 10.8. The number of benzene rings is 1. The van der Waals surface area contributed by atoms with Crippen LogP contribution in [0, 0.1) is 10.1 Å². The van der Waals surface area contributed by atoms with Gasteiger partial charge in [-0.1, -0.05) is 17.7 Å². The van der Waals surface area contributed by atoms with E-state index in [0.717, 1.165) is 5.69 Å². The molecule has 1 heterocycles. The molecule has 0 bridgehead atoms. The second-order valence-electron chi connectivity index (χ2n) is 5.27. The number of nitro groups is 1. The maximum Gasteiger partial charge on any atom is 0.270 e. The van der Waals surface area contributed by atoms with Gasteiger partial charge in [0.25, 0.3) is 11.6 Å². The topological polar surface area (TPSA) is 76.3 Å². The third-order valence-corrected chi connectivity index (χ3v) is 3.65. The van der Waals surface area contributed by atoms with E-state index in [1.807, 2.05) is 26.0 Å². The average Bonchev–Trinajstić information content (AvgIpc) is 2.52. The number of nitro benzene ring substituents is 1.